The van der Waals surface area contributed by atoms with Gasteiger partial charge in [0.15, 0.2) is 0 Å². The highest BCUT2D eigenvalue weighted by Crippen LogP contribution is 2.12. The first-order chi connectivity index (χ1) is 9.97. The summed E-state index contributed by atoms with van der Waals surface area (Å²) < 4.78 is 0. The number of carbonyl (C=O) groups excluding carboxylic acids is 2. The summed E-state index contributed by atoms with van der Waals surface area (Å²) in [5, 5.41) is 13.9. The zero-order valence-corrected chi connectivity index (χ0v) is 11.6. The van der Waals surface area contributed by atoms with Crippen molar-refractivity contribution in [2.24, 2.45) is 5.73 Å². The third-order valence-corrected chi connectivity index (χ3v) is 2.70. The third kappa shape index (κ3) is 7.56. The van der Waals surface area contributed by atoms with Crippen molar-refractivity contribution in [3.63, 3.8) is 0 Å². The highest BCUT2D eigenvalue weighted by Gasteiger charge is 2.04. The Hall–Kier alpha value is -2.57. The minimum atomic E-state index is -0.861. The number of aryl methyl sites for hydroxylation is 1. The number of primary amides is 1. The van der Waals surface area contributed by atoms with Crippen LogP contribution in [0.3, 0.4) is 0 Å². The molecule has 0 aromatic heterocycles. The molecule has 21 heavy (non-hydrogen) atoms. The predicted octanol–water partition coefficient (Wildman–Crippen LogP) is 1.09. The number of amides is 3. The van der Waals surface area contributed by atoms with Crippen LogP contribution in [-0.4, -0.2) is 29.6 Å². The number of urea groups is 1. The second kappa shape index (κ2) is 8.57. The number of benzene rings is 1. The van der Waals surface area contributed by atoms with Gasteiger partial charge in [-0.1, -0.05) is 12.1 Å². The molecule has 0 saturated carbocycles. The van der Waals surface area contributed by atoms with Gasteiger partial charge in [0, 0.05) is 25.1 Å². The van der Waals surface area contributed by atoms with Crippen molar-refractivity contribution in [2.45, 2.75) is 25.7 Å². The molecule has 0 unspecified atom stereocenters. The van der Waals surface area contributed by atoms with E-state index in [4.69, 9.17) is 10.8 Å². The summed E-state index contributed by atoms with van der Waals surface area (Å²) in [6, 6.07) is 6.62. The lowest BCUT2D eigenvalue weighted by Gasteiger charge is -2.08. The molecule has 0 aliphatic carbocycles. The molecular weight excluding hydrogens is 274 g/mol. The fraction of sp³-hybridized carbons (Fsp3) is 0.357. The average Bonchev–Trinajstić information content (AvgIpc) is 2.41. The summed E-state index contributed by atoms with van der Waals surface area (Å²) in [4.78, 5) is 32.7. The monoisotopic (exact) mass is 293 g/mol. The molecule has 3 amide bonds. The molecule has 0 heterocycles. The molecule has 1 rings (SSSR count). The van der Waals surface area contributed by atoms with Gasteiger partial charge in [-0.25, -0.2) is 4.79 Å². The molecule has 0 aliphatic rings. The number of carbonyl (C=O) groups is 3. The molecule has 1 aromatic rings. The summed E-state index contributed by atoms with van der Waals surface area (Å²) in [6.07, 6.45) is 1.17. The smallest absolute Gasteiger partial charge is 0.319 e. The van der Waals surface area contributed by atoms with Gasteiger partial charge in [0.05, 0.1) is 0 Å². The number of nitrogens with two attached hydrogens (primary N) is 1. The van der Waals surface area contributed by atoms with Crippen LogP contribution in [-0.2, 0) is 16.0 Å². The fourth-order valence-corrected chi connectivity index (χ4v) is 1.70. The van der Waals surface area contributed by atoms with E-state index in [9.17, 15) is 14.4 Å². The zero-order chi connectivity index (χ0) is 15.7. The number of anilines is 1. The second-order valence-corrected chi connectivity index (χ2v) is 4.54. The van der Waals surface area contributed by atoms with Gasteiger partial charge in [0.2, 0.25) is 5.91 Å². The average molecular weight is 293 g/mol. The van der Waals surface area contributed by atoms with Crippen LogP contribution in [0.15, 0.2) is 24.3 Å². The molecule has 0 fully saturated rings. The van der Waals surface area contributed by atoms with E-state index in [1.165, 1.54) is 0 Å². The first kappa shape index (κ1) is 16.5. The predicted molar refractivity (Wildman–Crippen MR) is 77.8 cm³/mol. The number of rotatable bonds is 8. The van der Waals surface area contributed by atoms with Gasteiger partial charge >= 0.3 is 12.0 Å². The van der Waals surface area contributed by atoms with E-state index < -0.39 is 11.9 Å². The minimum Gasteiger partial charge on any atom is -0.481 e. The van der Waals surface area contributed by atoms with Gasteiger partial charge in [-0.2, -0.15) is 0 Å². The van der Waals surface area contributed by atoms with Gasteiger partial charge < -0.3 is 21.5 Å². The third-order valence-electron chi connectivity index (χ3n) is 2.70. The van der Waals surface area contributed by atoms with E-state index >= 15 is 0 Å². The van der Waals surface area contributed by atoms with Crippen LogP contribution in [0, 0.1) is 0 Å². The van der Waals surface area contributed by atoms with Crippen LogP contribution in [0.2, 0.25) is 0 Å². The Morgan fingerprint density at radius 1 is 1.19 bits per heavy atom. The quantitative estimate of drug-likeness (QED) is 0.536. The number of hydrogen-bond acceptors (Lipinski definition) is 3. The number of carboxylic acids is 1. The molecule has 0 radical (unpaired) electrons. The molecule has 114 valence electrons. The normalized spacial score (nSPS) is 9.90. The Kier molecular flexibility index (Phi) is 6.73. The molecule has 0 aliphatic heterocycles. The number of nitrogens with one attached hydrogen (secondary N) is 2. The van der Waals surface area contributed by atoms with Gasteiger partial charge in [0.25, 0.3) is 0 Å². The highest BCUT2D eigenvalue weighted by atomic mass is 16.4. The van der Waals surface area contributed by atoms with Gasteiger partial charge in [-0.3, -0.25) is 9.59 Å². The Bertz CT molecular complexity index is 517. The van der Waals surface area contributed by atoms with Crippen molar-refractivity contribution >= 4 is 23.6 Å². The van der Waals surface area contributed by atoms with Crippen LogP contribution in [0.5, 0.6) is 0 Å². The maximum Gasteiger partial charge on any atom is 0.319 e. The molecule has 7 heteroatoms. The number of hydrogen-bond donors (Lipinski definition) is 4. The summed E-state index contributed by atoms with van der Waals surface area (Å²) in [7, 11) is 0. The van der Waals surface area contributed by atoms with Crippen molar-refractivity contribution in [2.75, 3.05) is 11.9 Å². The van der Waals surface area contributed by atoms with E-state index in [-0.39, 0.29) is 18.9 Å². The molecule has 7 nitrogen and oxygen atoms in total. The first-order valence-electron chi connectivity index (χ1n) is 6.61. The zero-order valence-electron chi connectivity index (χ0n) is 11.6. The first-order valence-corrected chi connectivity index (χ1v) is 6.61. The number of aliphatic carboxylic acids is 1. The largest absolute Gasteiger partial charge is 0.481 e. The summed E-state index contributed by atoms with van der Waals surface area (Å²) in [6.45, 7) is 0.355. The van der Waals surface area contributed by atoms with Crippen molar-refractivity contribution in [3.8, 4) is 0 Å². The lowest BCUT2D eigenvalue weighted by molar-refractivity contribution is -0.137. The molecule has 1 aromatic carbocycles. The highest BCUT2D eigenvalue weighted by molar-refractivity contribution is 5.89. The SMILES string of the molecule is NC(=O)CCCNC(=O)Nc1cccc(CCC(=O)O)c1. The van der Waals surface area contributed by atoms with Crippen molar-refractivity contribution < 1.29 is 19.5 Å². The molecule has 0 spiro atoms. The van der Waals surface area contributed by atoms with E-state index in [0.717, 1.165) is 5.56 Å². The second-order valence-electron chi connectivity index (χ2n) is 4.54. The Balaban J connectivity index is 2.39. The molecule has 0 atom stereocenters. The molecule has 0 saturated heterocycles. The lowest BCUT2D eigenvalue weighted by atomic mass is 10.1. The van der Waals surface area contributed by atoms with Crippen LogP contribution in [0.1, 0.15) is 24.8 Å². The maximum atomic E-state index is 11.6. The van der Waals surface area contributed by atoms with Gasteiger partial charge in [-0.15, -0.1) is 0 Å². The minimum absolute atomic E-state index is 0.0444. The van der Waals surface area contributed by atoms with E-state index in [1.807, 2.05) is 0 Å². The molecule has 0 bridgehead atoms. The van der Waals surface area contributed by atoms with Crippen LogP contribution in [0.4, 0.5) is 10.5 Å². The Morgan fingerprint density at radius 3 is 2.62 bits per heavy atom. The lowest BCUT2D eigenvalue weighted by Crippen LogP contribution is -2.30. The van der Waals surface area contributed by atoms with Crippen molar-refractivity contribution in [3.05, 3.63) is 29.8 Å². The molecular formula is C14H19N3O4. The van der Waals surface area contributed by atoms with Crippen LogP contribution >= 0.6 is 0 Å². The maximum absolute atomic E-state index is 11.6. The summed E-state index contributed by atoms with van der Waals surface area (Å²) in [5.41, 5.74) is 6.42. The Morgan fingerprint density at radius 2 is 1.95 bits per heavy atom. The van der Waals surface area contributed by atoms with Gasteiger partial charge in [0.1, 0.15) is 0 Å². The summed E-state index contributed by atoms with van der Waals surface area (Å²) >= 11 is 0. The fourth-order valence-electron chi connectivity index (χ4n) is 1.70. The van der Waals surface area contributed by atoms with Crippen molar-refractivity contribution in [1.29, 1.82) is 0 Å². The van der Waals surface area contributed by atoms with Crippen LogP contribution in [0.25, 0.3) is 0 Å². The standard InChI is InChI=1S/C14H19N3O4/c15-12(18)5-2-8-16-14(21)17-11-4-1-3-10(9-11)6-7-13(19)20/h1,3-4,9H,2,5-8H2,(H2,15,18)(H,19,20)(H2,16,17,21). The van der Waals surface area contributed by atoms with E-state index in [1.54, 1.807) is 24.3 Å². The summed E-state index contributed by atoms with van der Waals surface area (Å²) in [5.74, 6) is -1.26. The Labute approximate surface area is 122 Å². The number of carboxylic acid groups (broad SMARTS) is 1. The molecule has 5 N–H and O–H groups in total. The van der Waals surface area contributed by atoms with E-state index in [2.05, 4.69) is 10.6 Å². The van der Waals surface area contributed by atoms with E-state index in [0.29, 0.717) is 25.1 Å². The van der Waals surface area contributed by atoms with Gasteiger partial charge in [-0.05, 0) is 30.5 Å². The topological polar surface area (TPSA) is 122 Å². The van der Waals surface area contributed by atoms with Crippen molar-refractivity contribution in [1.82, 2.24) is 5.32 Å². The van der Waals surface area contributed by atoms with Crippen LogP contribution < -0.4 is 16.4 Å².